The van der Waals surface area contributed by atoms with Crippen molar-refractivity contribution in [2.24, 2.45) is 11.7 Å². The summed E-state index contributed by atoms with van der Waals surface area (Å²) in [4.78, 5) is 46.5. The average Bonchev–Trinajstić information content (AvgIpc) is 2.55. The van der Waals surface area contributed by atoms with E-state index in [0.29, 0.717) is 0 Å². The summed E-state index contributed by atoms with van der Waals surface area (Å²) in [5.74, 6) is -3.63. The Labute approximate surface area is 151 Å². The molecule has 4 unspecified atom stereocenters. The molecule has 8 N–H and O–H groups in total. The van der Waals surface area contributed by atoms with Crippen LogP contribution in [0.2, 0.25) is 0 Å². The van der Waals surface area contributed by atoms with Crippen LogP contribution >= 0.6 is 0 Å². The molecular weight excluding hydrogens is 348 g/mol. The number of aliphatic hydroxyl groups excluding tert-OH is 2. The molecule has 0 aromatic carbocycles. The van der Waals surface area contributed by atoms with Gasteiger partial charge in [-0.1, -0.05) is 13.8 Å². The largest absolute Gasteiger partial charge is 0.480 e. The van der Waals surface area contributed by atoms with E-state index in [9.17, 15) is 29.4 Å². The molecule has 0 heterocycles. The first-order chi connectivity index (χ1) is 12.0. The minimum atomic E-state index is -1.38. The second-order valence-corrected chi connectivity index (χ2v) is 6.32. The van der Waals surface area contributed by atoms with Crippen LogP contribution in [0.4, 0.5) is 0 Å². The molecule has 0 aromatic rings. The van der Waals surface area contributed by atoms with Gasteiger partial charge < -0.3 is 37.0 Å². The molecule has 3 amide bonds. The molecule has 26 heavy (non-hydrogen) atoms. The Morgan fingerprint density at radius 2 is 1.58 bits per heavy atom. The van der Waals surface area contributed by atoms with Crippen molar-refractivity contribution in [2.45, 2.75) is 51.4 Å². The van der Waals surface area contributed by atoms with Gasteiger partial charge in [0.2, 0.25) is 17.7 Å². The van der Waals surface area contributed by atoms with Crippen LogP contribution in [-0.4, -0.2) is 76.4 Å². The normalized spacial score (nSPS) is 15.5. The number of carbonyl (C=O) groups is 4. The molecule has 0 aromatic heterocycles. The van der Waals surface area contributed by atoms with Crippen molar-refractivity contribution in [3.63, 3.8) is 0 Å². The Balaban J connectivity index is 4.63. The van der Waals surface area contributed by atoms with E-state index in [1.165, 1.54) is 6.92 Å². The minimum absolute atomic E-state index is 0.00639. The Morgan fingerprint density at radius 3 is 2.00 bits per heavy atom. The summed E-state index contributed by atoms with van der Waals surface area (Å²) in [5.41, 5.74) is 5.39. The van der Waals surface area contributed by atoms with Crippen molar-refractivity contribution in [1.29, 1.82) is 0 Å². The summed E-state index contributed by atoms with van der Waals surface area (Å²) >= 11 is 0. The van der Waals surface area contributed by atoms with Crippen LogP contribution in [0.3, 0.4) is 0 Å². The highest BCUT2D eigenvalue weighted by atomic mass is 16.4. The van der Waals surface area contributed by atoms with Crippen LogP contribution in [0.15, 0.2) is 0 Å². The number of carboxylic acid groups (broad SMARTS) is 1. The lowest BCUT2D eigenvalue weighted by molar-refractivity contribution is -0.143. The lowest BCUT2D eigenvalue weighted by Crippen LogP contribution is -2.55. The summed E-state index contributed by atoms with van der Waals surface area (Å²) in [6.45, 7) is 3.60. The van der Waals surface area contributed by atoms with Crippen LogP contribution in [0.5, 0.6) is 0 Å². The zero-order chi connectivity index (χ0) is 20.4. The second-order valence-electron chi connectivity index (χ2n) is 6.32. The number of hydrogen-bond acceptors (Lipinski definition) is 7. The maximum Gasteiger partial charge on any atom is 0.326 e. The quantitative estimate of drug-likeness (QED) is 0.197. The Hall–Kier alpha value is -2.24. The van der Waals surface area contributed by atoms with E-state index in [1.807, 2.05) is 0 Å². The van der Waals surface area contributed by atoms with Crippen LogP contribution < -0.4 is 21.7 Å². The Morgan fingerprint density at radius 1 is 1.00 bits per heavy atom. The highest BCUT2D eigenvalue weighted by Crippen LogP contribution is 2.05. The number of aliphatic hydroxyl groups is 2. The first-order valence-electron chi connectivity index (χ1n) is 8.14. The molecule has 0 bridgehead atoms. The maximum absolute atomic E-state index is 12.1. The predicted octanol–water partition coefficient (Wildman–Crippen LogP) is -3.10. The van der Waals surface area contributed by atoms with Gasteiger partial charge in [-0.2, -0.15) is 0 Å². The zero-order valence-corrected chi connectivity index (χ0v) is 15.1. The monoisotopic (exact) mass is 376 g/mol. The fourth-order valence-electron chi connectivity index (χ4n) is 1.91. The van der Waals surface area contributed by atoms with E-state index < -0.39 is 61.1 Å². The van der Waals surface area contributed by atoms with Crippen molar-refractivity contribution < 1.29 is 34.5 Å². The maximum atomic E-state index is 12.1. The van der Waals surface area contributed by atoms with Crippen molar-refractivity contribution in [2.75, 3.05) is 13.2 Å². The van der Waals surface area contributed by atoms with Crippen LogP contribution in [0, 0.1) is 5.92 Å². The molecule has 0 aliphatic heterocycles. The number of nitrogens with one attached hydrogen (secondary N) is 3. The lowest BCUT2D eigenvalue weighted by Gasteiger charge is -2.21. The van der Waals surface area contributed by atoms with Crippen molar-refractivity contribution in [3.8, 4) is 0 Å². The van der Waals surface area contributed by atoms with E-state index in [1.54, 1.807) is 13.8 Å². The number of nitrogens with two attached hydrogens (primary N) is 1. The van der Waals surface area contributed by atoms with Crippen LogP contribution in [0.25, 0.3) is 0 Å². The lowest BCUT2D eigenvalue weighted by atomic mass is 10.0. The molecule has 0 aliphatic carbocycles. The summed E-state index contributed by atoms with van der Waals surface area (Å²) in [6.07, 6.45) is -0.927. The van der Waals surface area contributed by atoms with Gasteiger partial charge in [0.25, 0.3) is 0 Å². The SMILES string of the molecule is CC(C)CC(NC(=O)C(CO)NC(=O)CNC(=O)C(N)C(C)O)C(=O)O. The van der Waals surface area contributed by atoms with Crippen LogP contribution in [-0.2, 0) is 19.2 Å². The van der Waals surface area contributed by atoms with Gasteiger partial charge in [-0.05, 0) is 19.3 Å². The number of amides is 3. The summed E-state index contributed by atoms with van der Waals surface area (Å²) in [5, 5.41) is 34.1. The van der Waals surface area contributed by atoms with E-state index in [0.717, 1.165) is 0 Å². The Kier molecular flexibility index (Phi) is 10.4. The topological polar surface area (TPSA) is 191 Å². The minimum Gasteiger partial charge on any atom is -0.480 e. The number of carboxylic acids is 1. The van der Waals surface area contributed by atoms with Crippen molar-refractivity contribution >= 4 is 23.7 Å². The average molecular weight is 376 g/mol. The number of rotatable bonds is 11. The Bertz CT molecular complexity index is 510. The number of carbonyl (C=O) groups excluding carboxylic acids is 3. The summed E-state index contributed by atoms with van der Waals surface area (Å²) in [6, 6.07) is -3.75. The van der Waals surface area contributed by atoms with E-state index in [4.69, 9.17) is 10.8 Å². The van der Waals surface area contributed by atoms with Gasteiger partial charge in [0, 0.05) is 0 Å². The third-order valence-electron chi connectivity index (χ3n) is 3.40. The predicted molar refractivity (Wildman–Crippen MR) is 90.7 cm³/mol. The molecular formula is C15H28N4O7. The van der Waals surface area contributed by atoms with Gasteiger partial charge >= 0.3 is 5.97 Å². The molecule has 0 aliphatic rings. The summed E-state index contributed by atoms with van der Waals surface area (Å²) in [7, 11) is 0. The fourth-order valence-corrected chi connectivity index (χ4v) is 1.91. The standard InChI is InChI=1S/C15H28N4O7/c1-7(2)4-9(15(25)26)19-13(23)10(6-20)18-11(22)5-17-14(24)12(16)8(3)21/h7-10,12,20-21H,4-6,16H2,1-3H3,(H,17,24)(H,18,22)(H,19,23)(H,25,26). The van der Waals surface area contributed by atoms with E-state index >= 15 is 0 Å². The smallest absolute Gasteiger partial charge is 0.326 e. The van der Waals surface area contributed by atoms with Crippen LogP contribution in [0.1, 0.15) is 27.2 Å². The molecule has 0 spiro atoms. The number of hydrogen-bond donors (Lipinski definition) is 7. The third kappa shape index (κ3) is 8.74. The zero-order valence-electron chi connectivity index (χ0n) is 15.1. The highest BCUT2D eigenvalue weighted by Gasteiger charge is 2.27. The van der Waals surface area contributed by atoms with E-state index in [-0.39, 0.29) is 12.3 Å². The molecule has 11 nitrogen and oxygen atoms in total. The summed E-state index contributed by atoms with van der Waals surface area (Å²) < 4.78 is 0. The highest BCUT2D eigenvalue weighted by molar-refractivity contribution is 5.92. The first kappa shape index (κ1) is 23.8. The molecule has 150 valence electrons. The first-order valence-corrected chi connectivity index (χ1v) is 8.14. The van der Waals surface area contributed by atoms with Gasteiger partial charge in [-0.25, -0.2) is 4.79 Å². The van der Waals surface area contributed by atoms with Gasteiger partial charge in [0.05, 0.1) is 19.3 Å². The molecule has 0 rings (SSSR count). The molecule has 11 heteroatoms. The fraction of sp³-hybridized carbons (Fsp3) is 0.733. The molecule has 4 atom stereocenters. The van der Waals surface area contributed by atoms with Gasteiger partial charge in [0.1, 0.15) is 18.1 Å². The molecule has 0 fully saturated rings. The number of aliphatic carboxylic acids is 1. The van der Waals surface area contributed by atoms with Gasteiger partial charge in [0.15, 0.2) is 0 Å². The molecule has 0 saturated carbocycles. The molecule has 0 saturated heterocycles. The molecule has 0 radical (unpaired) electrons. The third-order valence-corrected chi connectivity index (χ3v) is 3.40. The van der Waals surface area contributed by atoms with Gasteiger partial charge in [-0.15, -0.1) is 0 Å². The van der Waals surface area contributed by atoms with Gasteiger partial charge in [-0.3, -0.25) is 14.4 Å². The second kappa shape index (κ2) is 11.4. The van der Waals surface area contributed by atoms with E-state index in [2.05, 4.69) is 16.0 Å². The van der Waals surface area contributed by atoms with Crippen molar-refractivity contribution in [1.82, 2.24) is 16.0 Å². The van der Waals surface area contributed by atoms with Crippen molar-refractivity contribution in [3.05, 3.63) is 0 Å².